The number of hydrogen-bond donors (Lipinski definition) is 0. The molecule has 4 heteroatoms. The molecule has 2 nitrogen and oxygen atoms in total. The fraction of sp³-hybridized carbons (Fsp3) is 0.750. The lowest BCUT2D eigenvalue weighted by Crippen LogP contribution is -2.33. The van der Waals surface area contributed by atoms with Gasteiger partial charge in [-0.25, -0.2) is 8.42 Å². The van der Waals surface area contributed by atoms with Crippen molar-refractivity contribution in [1.29, 1.82) is 0 Å². The summed E-state index contributed by atoms with van der Waals surface area (Å²) in [5.41, 5.74) is 1.06. The topological polar surface area (TPSA) is 34.1 Å². The lowest BCUT2D eigenvalue weighted by Gasteiger charge is -2.26. The molecule has 0 aromatic carbocycles. The summed E-state index contributed by atoms with van der Waals surface area (Å²) in [4.78, 5) is 0. The summed E-state index contributed by atoms with van der Waals surface area (Å²) >= 11 is 5.92. The van der Waals surface area contributed by atoms with E-state index in [1.54, 1.807) is 0 Å². The van der Waals surface area contributed by atoms with Gasteiger partial charge in [-0.05, 0) is 19.3 Å². The van der Waals surface area contributed by atoms with Crippen LogP contribution in [0.5, 0.6) is 0 Å². The molecule has 1 fully saturated rings. The predicted molar refractivity (Wildman–Crippen MR) is 51.3 cm³/mol. The zero-order valence-corrected chi connectivity index (χ0v) is 8.66. The Morgan fingerprint density at radius 2 is 2.17 bits per heavy atom. The molecule has 70 valence electrons. The standard InChI is InChI=1S/C8H13ClO2S/c1-6-3-4-8(7(9)5-6)12(2,10)11/h7-8H,1,3-5H2,2H3. The summed E-state index contributed by atoms with van der Waals surface area (Å²) in [7, 11) is -2.97. The van der Waals surface area contributed by atoms with E-state index < -0.39 is 9.84 Å². The van der Waals surface area contributed by atoms with Crippen LogP contribution in [0.25, 0.3) is 0 Å². The lowest BCUT2D eigenvalue weighted by atomic mass is 9.95. The number of alkyl halides is 1. The number of rotatable bonds is 1. The maximum Gasteiger partial charge on any atom is 0.151 e. The van der Waals surface area contributed by atoms with E-state index in [0.717, 1.165) is 12.0 Å². The molecule has 1 saturated carbocycles. The third-order valence-electron chi connectivity index (χ3n) is 2.22. The van der Waals surface area contributed by atoms with Crippen molar-refractivity contribution in [3.8, 4) is 0 Å². The van der Waals surface area contributed by atoms with Crippen LogP contribution in [0.2, 0.25) is 0 Å². The third-order valence-corrected chi connectivity index (χ3v) is 4.49. The maximum absolute atomic E-state index is 11.2. The molecule has 0 saturated heterocycles. The van der Waals surface area contributed by atoms with Gasteiger partial charge in [0, 0.05) is 6.26 Å². The van der Waals surface area contributed by atoms with Crippen molar-refractivity contribution in [1.82, 2.24) is 0 Å². The Hall–Kier alpha value is -0.0200. The van der Waals surface area contributed by atoms with Gasteiger partial charge in [0.25, 0.3) is 0 Å². The molecule has 0 spiro atoms. The Kier molecular flexibility index (Phi) is 2.84. The molecule has 0 bridgehead atoms. The highest BCUT2D eigenvalue weighted by Crippen LogP contribution is 2.30. The number of allylic oxidation sites excluding steroid dienone is 1. The highest BCUT2D eigenvalue weighted by molar-refractivity contribution is 7.91. The van der Waals surface area contributed by atoms with Crippen molar-refractivity contribution in [2.45, 2.75) is 29.9 Å². The molecule has 0 radical (unpaired) electrons. The van der Waals surface area contributed by atoms with E-state index in [-0.39, 0.29) is 10.6 Å². The zero-order chi connectivity index (χ0) is 9.35. The minimum absolute atomic E-state index is 0.277. The van der Waals surface area contributed by atoms with E-state index in [2.05, 4.69) is 6.58 Å². The highest BCUT2D eigenvalue weighted by Gasteiger charge is 2.32. The van der Waals surface area contributed by atoms with E-state index in [4.69, 9.17) is 11.6 Å². The van der Waals surface area contributed by atoms with Gasteiger partial charge < -0.3 is 0 Å². The Bertz CT molecular complexity index is 281. The minimum Gasteiger partial charge on any atom is -0.229 e. The van der Waals surface area contributed by atoms with Crippen molar-refractivity contribution < 1.29 is 8.42 Å². The first-order valence-corrected chi connectivity index (χ1v) is 6.30. The average Bonchev–Trinajstić information content (AvgIpc) is 1.83. The van der Waals surface area contributed by atoms with E-state index in [9.17, 15) is 8.42 Å². The van der Waals surface area contributed by atoms with Crippen molar-refractivity contribution >= 4 is 21.4 Å². The molecule has 2 unspecified atom stereocenters. The molecule has 12 heavy (non-hydrogen) atoms. The molecule has 0 aromatic rings. The van der Waals surface area contributed by atoms with Gasteiger partial charge in [0.1, 0.15) is 0 Å². The van der Waals surface area contributed by atoms with Gasteiger partial charge in [-0.1, -0.05) is 12.2 Å². The van der Waals surface area contributed by atoms with E-state index >= 15 is 0 Å². The van der Waals surface area contributed by atoms with Gasteiger partial charge in [0.05, 0.1) is 10.6 Å². The molecule has 0 aromatic heterocycles. The van der Waals surface area contributed by atoms with Crippen LogP contribution in [0, 0.1) is 0 Å². The molecule has 0 heterocycles. The lowest BCUT2D eigenvalue weighted by molar-refractivity contribution is 0.546. The monoisotopic (exact) mass is 208 g/mol. The van der Waals surface area contributed by atoms with Gasteiger partial charge in [-0.3, -0.25) is 0 Å². The second-order valence-corrected chi connectivity index (χ2v) is 6.20. The highest BCUT2D eigenvalue weighted by atomic mass is 35.5. The van der Waals surface area contributed by atoms with E-state index in [1.165, 1.54) is 6.26 Å². The van der Waals surface area contributed by atoms with Crippen LogP contribution in [0.3, 0.4) is 0 Å². The largest absolute Gasteiger partial charge is 0.229 e. The summed E-state index contributed by atoms with van der Waals surface area (Å²) in [6.45, 7) is 3.80. The summed E-state index contributed by atoms with van der Waals surface area (Å²) < 4.78 is 22.4. The third kappa shape index (κ3) is 2.23. The number of halogens is 1. The van der Waals surface area contributed by atoms with Gasteiger partial charge in [-0.15, -0.1) is 11.6 Å². The van der Waals surface area contributed by atoms with Crippen LogP contribution >= 0.6 is 11.6 Å². The molecule has 2 atom stereocenters. The molecule has 1 aliphatic carbocycles. The van der Waals surface area contributed by atoms with E-state index in [0.29, 0.717) is 12.8 Å². The number of sulfone groups is 1. The maximum atomic E-state index is 11.2. The van der Waals surface area contributed by atoms with Crippen LogP contribution in [0.15, 0.2) is 12.2 Å². The van der Waals surface area contributed by atoms with Crippen molar-refractivity contribution in [2.75, 3.05) is 6.26 Å². The normalized spacial score (nSPS) is 32.0. The van der Waals surface area contributed by atoms with Gasteiger partial charge in [0.15, 0.2) is 9.84 Å². The quantitative estimate of drug-likeness (QED) is 0.486. The van der Waals surface area contributed by atoms with Crippen molar-refractivity contribution in [3.63, 3.8) is 0 Å². The van der Waals surface area contributed by atoms with Gasteiger partial charge in [-0.2, -0.15) is 0 Å². The fourth-order valence-corrected chi connectivity index (χ4v) is 3.60. The molecular formula is C8H13ClO2S. The average molecular weight is 209 g/mol. The van der Waals surface area contributed by atoms with Crippen LogP contribution in [-0.4, -0.2) is 25.3 Å². The van der Waals surface area contributed by atoms with Crippen LogP contribution < -0.4 is 0 Å². The van der Waals surface area contributed by atoms with Gasteiger partial charge >= 0.3 is 0 Å². The molecule has 0 N–H and O–H groups in total. The molecule has 1 aliphatic rings. The van der Waals surface area contributed by atoms with Crippen LogP contribution in [0.4, 0.5) is 0 Å². The first kappa shape index (κ1) is 10.1. The zero-order valence-electron chi connectivity index (χ0n) is 7.09. The number of hydrogen-bond acceptors (Lipinski definition) is 2. The second kappa shape index (κ2) is 3.38. The Labute approximate surface area is 78.5 Å². The molecular weight excluding hydrogens is 196 g/mol. The van der Waals surface area contributed by atoms with Crippen LogP contribution in [-0.2, 0) is 9.84 Å². The Morgan fingerprint density at radius 3 is 2.58 bits per heavy atom. The Morgan fingerprint density at radius 1 is 1.58 bits per heavy atom. The summed E-state index contributed by atoms with van der Waals surface area (Å²) in [6, 6.07) is 0. The second-order valence-electron chi connectivity index (χ2n) is 3.38. The predicted octanol–water partition coefficient (Wildman–Crippen LogP) is 1.75. The first-order chi connectivity index (χ1) is 5.41. The minimum atomic E-state index is -2.97. The molecule has 0 amide bonds. The summed E-state index contributed by atoms with van der Waals surface area (Å²) in [5.74, 6) is 0. The summed E-state index contributed by atoms with van der Waals surface area (Å²) in [5, 5.41) is -0.647. The fourth-order valence-electron chi connectivity index (χ4n) is 1.52. The first-order valence-electron chi connectivity index (χ1n) is 3.91. The van der Waals surface area contributed by atoms with Crippen molar-refractivity contribution in [3.05, 3.63) is 12.2 Å². The van der Waals surface area contributed by atoms with Crippen molar-refractivity contribution in [2.24, 2.45) is 0 Å². The Balaban J connectivity index is 2.76. The molecule has 1 rings (SSSR count). The van der Waals surface area contributed by atoms with E-state index in [1.807, 2.05) is 0 Å². The van der Waals surface area contributed by atoms with Crippen LogP contribution in [0.1, 0.15) is 19.3 Å². The molecule has 0 aliphatic heterocycles. The summed E-state index contributed by atoms with van der Waals surface area (Å²) in [6.07, 6.45) is 3.31. The SMILES string of the molecule is C=C1CCC(S(C)(=O)=O)C(Cl)C1. The van der Waals surface area contributed by atoms with Gasteiger partial charge in [0.2, 0.25) is 0 Å². The smallest absolute Gasteiger partial charge is 0.151 e.